The molecule has 0 radical (unpaired) electrons. The summed E-state index contributed by atoms with van der Waals surface area (Å²) in [5, 5.41) is 2.83. The van der Waals surface area contributed by atoms with Gasteiger partial charge in [-0.2, -0.15) is 0 Å². The Morgan fingerprint density at radius 1 is 1.30 bits per heavy atom. The normalized spacial score (nSPS) is 10.6. The molecule has 5 nitrogen and oxygen atoms in total. The largest absolute Gasteiger partial charge is 0.384 e. The highest BCUT2D eigenvalue weighted by molar-refractivity contribution is 6.04. The van der Waals surface area contributed by atoms with E-state index in [0.717, 1.165) is 11.4 Å². The SMILES string of the molecule is Cc1cc(NC(=O)c2cc(N)nc(C(C)C)c2)ccn1. The van der Waals surface area contributed by atoms with Crippen LogP contribution in [0, 0.1) is 6.92 Å². The molecule has 0 saturated heterocycles. The number of carbonyl (C=O) groups excluding carboxylic acids is 1. The molecule has 3 N–H and O–H groups in total. The van der Waals surface area contributed by atoms with Crippen LogP contribution in [0.3, 0.4) is 0 Å². The van der Waals surface area contributed by atoms with Crippen molar-refractivity contribution in [1.29, 1.82) is 0 Å². The number of nitrogen functional groups attached to an aromatic ring is 1. The highest BCUT2D eigenvalue weighted by Gasteiger charge is 2.11. The molecule has 0 bridgehead atoms. The lowest BCUT2D eigenvalue weighted by molar-refractivity contribution is 0.102. The number of rotatable bonds is 3. The summed E-state index contributed by atoms with van der Waals surface area (Å²) in [5.74, 6) is 0.368. The molecule has 2 heterocycles. The summed E-state index contributed by atoms with van der Waals surface area (Å²) in [6.45, 7) is 5.89. The molecular weight excluding hydrogens is 252 g/mol. The second-order valence-corrected chi connectivity index (χ2v) is 5.00. The van der Waals surface area contributed by atoms with E-state index in [1.165, 1.54) is 0 Å². The molecule has 0 aliphatic rings. The van der Waals surface area contributed by atoms with Crippen molar-refractivity contribution in [2.45, 2.75) is 26.7 Å². The second-order valence-electron chi connectivity index (χ2n) is 5.00. The molecule has 2 aromatic heterocycles. The first kappa shape index (κ1) is 14.0. The second kappa shape index (κ2) is 5.69. The molecule has 104 valence electrons. The van der Waals surface area contributed by atoms with Crippen LogP contribution in [-0.4, -0.2) is 15.9 Å². The van der Waals surface area contributed by atoms with Crippen LogP contribution in [0.4, 0.5) is 11.5 Å². The highest BCUT2D eigenvalue weighted by Crippen LogP contribution is 2.17. The van der Waals surface area contributed by atoms with Gasteiger partial charge in [0, 0.05) is 28.8 Å². The average molecular weight is 270 g/mol. The van der Waals surface area contributed by atoms with Gasteiger partial charge in [-0.3, -0.25) is 9.78 Å². The van der Waals surface area contributed by atoms with Crippen molar-refractivity contribution in [3.05, 3.63) is 47.4 Å². The lowest BCUT2D eigenvalue weighted by Gasteiger charge is -2.10. The zero-order valence-corrected chi connectivity index (χ0v) is 11.8. The van der Waals surface area contributed by atoms with Gasteiger partial charge in [0.25, 0.3) is 5.91 Å². The van der Waals surface area contributed by atoms with Gasteiger partial charge in [0.15, 0.2) is 0 Å². The fourth-order valence-electron chi connectivity index (χ4n) is 1.83. The van der Waals surface area contributed by atoms with Crippen LogP contribution in [0.5, 0.6) is 0 Å². The molecule has 0 atom stereocenters. The molecule has 2 aromatic rings. The van der Waals surface area contributed by atoms with Crippen molar-refractivity contribution in [1.82, 2.24) is 9.97 Å². The van der Waals surface area contributed by atoms with Crippen molar-refractivity contribution in [2.75, 3.05) is 11.1 Å². The molecule has 0 aromatic carbocycles. The molecule has 0 saturated carbocycles. The Kier molecular flexibility index (Phi) is 3.98. The minimum Gasteiger partial charge on any atom is -0.384 e. The van der Waals surface area contributed by atoms with Gasteiger partial charge >= 0.3 is 0 Å². The number of nitrogens with one attached hydrogen (secondary N) is 1. The van der Waals surface area contributed by atoms with Crippen molar-refractivity contribution in [3.63, 3.8) is 0 Å². The third-order valence-electron chi connectivity index (χ3n) is 2.87. The van der Waals surface area contributed by atoms with E-state index in [1.54, 1.807) is 24.4 Å². The zero-order chi connectivity index (χ0) is 14.7. The molecule has 0 unspecified atom stereocenters. The summed E-state index contributed by atoms with van der Waals surface area (Å²) in [6, 6.07) is 6.91. The Bertz CT molecular complexity index is 638. The van der Waals surface area contributed by atoms with E-state index in [9.17, 15) is 4.79 Å². The van der Waals surface area contributed by atoms with Gasteiger partial charge in [-0.05, 0) is 37.1 Å². The highest BCUT2D eigenvalue weighted by atomic mass is 16.1. The van der Waals surface area contributed by atoms with Crippen LogP contribution < -0.4 is 11.1 Å². The number of nitrogens with two attached hydrogens (primary N) is 1. The van der Waals surface area contributed by atoms with Crippen molar-refractivity contribution < 1.29 is 4.79 Å². The summed E-state index contributed by atoms with van der Waals surface area (Å²) in [7, 11) is 0. The minimum atomic E-state index is -0.202. The Morgan fingerprint density at radius 2 is 2.05 bits per heavy atom. The van der Waals surface area contributed by atoms with Crippen LogP contribution in [0.1, 0.15) is 41.5 Å². The number of aromatic nitrogens is 2. The predicted molar refractivity (Wildman–Crippen MR) is 79.7 cm³/mol. The van der Waals surface area contributed by atoms with E-state index in [-0.39, 0.29) is 11.8 Å². The van der Waals surface area contributed by atoms with Gasteiger partial charge in [0.05, 0.1) is 0 Å². The number of carbonyl (C=O) groups is 1. The summed E-state index contributed by atoms with van der Waals surface area (Å²) < 4.78 is 0. The van der Waals surface area contributed by atoms with E-state index in [4.69, 9.17) is 5.73 Å². The van der Waals surface area contributed by atoms with E-state index >= 15 is 0 Å². The third-order valence-corrected chi connectivity index (χ3v) is 2.87. The topological polar surface area (TPSA) is 80.9 Å². The monoisotopic (exact) mass is 270 g/mol. The van der Waals surface area contributed by atoms with Crippen LogP contribution in [0.2, 0.25) is 0 Å². The number of hydrogen-bond acceptors (Lipinski definition) is 4. The molecule has 5 heteroatoms. The quantitative estimate of drug-likeness (QED) is 0.898. The molecule has 2 rings (SSSR count). The molecule has 0 spiro atoms. The van der Waals surface area contributed by atoms with Crippen LogP contribution >= 0.6 is 0 Å². The van der Waals surface area contributed by atoms with Gasteiger partial charge in [-0.25, -0.2) is 4.98 Å². The standard InChI is InChI=1S/C15H18N4O/c1-9(2)13-7-11(8-14(16)19-13)15(20)18-12-4-5-17-10(3)6-12/h4-9H,1-3H3,(H2,16,19)(H,17,18,20). The Morgan fingerprint density at radius 3 is 2.70 bits per heavy atom. The first-order valence-electron chi connectivity index (χ1n) is 6.47. The minimum absolute atomic E-state index is 0.202. The van der Waals surface area contributed by atoms with E-state index in [2.05, 4.69) is 15.3 Å². The van der Waals surface area contributed by atoms with Crippen molar-refractivity contribution in [3.8, 4) is 0 Å². The first-order valence-corrected chi connectivity index (χ1v) is 6.47. The number of aryl methyl sites for hydroxylation is 1. The Labute approximate surface area is 118 Å². The average Bonchev–Trinajstić information content (AvgIpc) is 2.37. The maximum atomic E-state index is 12.2. The summed E-state index contributed by atoms with van der Waals surface area (Å²) in [4.78, 5) is 20.6. The predicted octanol–water partition coefficient (Wildman–Crippen LogP) is 2.74. The number of pyridine rings is 2. The lowest BCUT2D eigenvalue weighted by atomic mass is 10.1. The molecule has 0 aliphatic carbocycles. The van der Waals surface area contributed by atoms with Crippen LogP contribution in [0.25, 0.3) is 0 Å². The van der Waals surface area contributed by atoms with Gasteiger partial charge in [0.2, 0.25) is 0 Å². The number of nitrogens with zero attached hydrogens (tertiary/aromatic N) is 2. The Hall–Kier alpha value is -2.43. The van der Waals surface area contributed by atoms with E-state index < -0.39 is 0 Å². The van der Waals surface area contributed by atoms with Gasteiger partial charge in [-0.15, -0.1) is 0 Å². The summed E-state index contributed by atoms with van der Waals surface area (Å²) in [5.41, 5.74) is 8.63. The van der Waals surface area contributed by atoms with Crippen LogP contribution in [0.15, 0.2) is 30.5 Å². The van der Waals surface area contributed by atoms with E-state index in [1.807, 2.05) is 26.8 Å². The summed E-state index contributed by atoms with van der Waals surface area (Å²) >= 11 is 0. The van der Waals surface area contributed by atoms with Crippen molar-refractivity contribution >= 4 is 17.4 Å². The summed E-state index contributed by atoms with van der Waals surface area (Å²) in [6.07, 6.45) is 1.66. The van der Waals surface area contributed by atoms with Crippen molar-refractivity contribution in [2.24, 2.45) is 0 Å². The molecule has 0 aliphatic heterocycles. The number of amides is 1. The maximum absolute atomic E-state index is 12.2. The molecule has 0 fully saturated rings. The molecule has 1 amide bonds. The van der Waals surface area contributed by atoms with Gasteiger partial charge in [-0.1, -0.05) is 13.8 Å². The first-order chi connectivity index (χ1) is 9.45. The third kappa shape index (κ3) is 3.32. The number of hydrogen-bond donors (Lipinski definition) is 2. The fraction of sp³-hybridized carbons (Fsp3) is 0.267. The lowest BCUT2D eigenvalue weighted by Crippen LogP contribution is -2.14. The molecule has 20 heavy (non-hydrogen) atoms. The Balaban J connectivity index is 2.25. The molecular formula is C15H18N4O. The van der Waals surface area contributed by atoms with Gasteiger partial charge < -0.3 is 11.1 Å². The smallest absolute Gasteiger partial charge is 0.255 e. The van der Waals surface area contributed by atoms with Crippen LogP contribution in [-0.2, 0) is 0 Å². The fourth-order valence-corrected chi connectivity index (χ4v) is 1.83. The zero-order valence-electron chi connectivity index (χ0n) is 11.8. The maximum Gasteiger partial charge on any atom is 0.255 e. The van der Waals surface area contributed by atoms with E-state index in [0.29, 0.717) is 17.1 Å². The number of anilines is 2. The van der Waals surface area contributed by atoms with Gasteiger partial charge in [0.1, 0.15) is 5.82 Å².